The van der Waals surface area contributed by atoms with E-state index in [1.807, 2.05) is 31.3 Å². The van der Waals surface area contributed by atoms with Crippen LogP contribution in [0, 0.1) is 6.92 Å². The number of benzene rings is 1. The number of hydrogen-bond acceptors (Lipinski definition) is 3. The minimum atomic E-state index is 0.225. The lowest BCUT2D eigenvalue weighted by Crippen LogP contribution is -2.10. The van der Waals surface area contributed by atoms with Crippen molar-refractivity contribution >= 4 is 5.95 Å². The lowest BCUT2D eigenvalue weighted by atomic mass is 10.2. The molecule has 0 spiro atoms. The Kier molecular flexibility index (Phi) is 4.66. The Morgan fingerprint density at radius 3 is 2.85 bits per heavy atom. The highest BCUT2D eigenvalue weighted by Gasteiger charge is 2.08. The van der Waals surface area contributed by atoms with Crippen LogP contribution in [0.5, 0.6) is 5.75 Å². The van der Waals surface area contributed by atoms with Crippen LogP contribution < -0.4 is 10.1 Å². The predicted molar refractivity (Wildman–Crippen MR) is 82.8 cm³/mol. The maximum absolute atomic E-state index is 5.88. The fourth-order valence-corrected chi connectivity index (χ4v) is 2.00. The summed E-state index contributed by atoms with van der Waals surface area (Å²) < 4.78 is 7.94. The average molecular weight is 273 g/mol. The Morgan fingerprint density at radius 1 is 1.35 bits per heavy atom. The zero-order chi connectivity index (χ0) is 14.5. The van der Waals surface area contributed by atoms with Crippen molar-refractivity contribution in [3.05, 3.63) is 36.2 Å². The monoisotopic (exact) mass is 273 g/mol. The molecule has 0 saturated carbocycles. The van der Waals surface area contributed by atoms with Gasteiger partial charge >= 0.3 is 0 Å². The zero-order valence-electron chi connectivity index (χ0n) is 12.7. The molecule has 1 unspecified atom stereocenters. The second-order valence-electron chi connectivity index (χ2n) is 4.94. The van der Waals surface area contributed by atoms with E-state index in [0.717, 1.165) is 36.0 Å². The first-order chi connectivity index (χ1) is 9.63. The number of ether oxygens (including phenoxy) is 1. The molecule has 0 aliphatic heterocycles. The summed E-state index contributed by atoms with van der Waals surface area (Å²) in [6.07, 6.45) is 3.25. The number of rotatable bonds is 6. The summed E-state index contributed by atoms with van der Waals surface area (Å²) in [5.41, 5.74) is 2.05. The van der Waals surface area contributed by atoms with Crippen LogP contribution in [-0.4, -0.2) is 22.2 Å². The Hall–Kier alpha value is -1.97. The van der Waals surface area contributed by atoms with Gasteiger partial charge in [-0.1, -0.05) is 13.0 Å². The molecular weight excluding hydrogens is 250 g/mol. The fraction of sp³-hybridized carbons (Fsp3) is 0.438. The van der Waals surface area contributed by atoms with Gasteiger partial charge in [0.25, 0.3) is 0 Å². The summed E-state index contributed by atoms with van der Waals surface area (Å²) >= 11 is 0. The van der Waals surface area contributed by atoms with Crippen LogP contribution in [0.4, 0.5) is 5.95 Å². The van der Waals surface area contributed by atoms with Gasteiger partial charge in [-0.15, -0.1) is 0 Å². The second-order valence-corrected chi connectivity index (χ2v) is 4.94. The first kappa shape index (κ1) is 14.4. The van der Waals surface area contributed by atoms with Crippen LogP contribution in [0.1, 0.15) is 32.9 Å². The zero-order valence-corrected chi connectivity index (χ0v) is 12.7. The molecule has 0 bridgehead atoms. The standard InChI is InChI=1S/C16H23N3O/c1-5-13(4)20-15-9-7-8-14(10-15)19-11-12(3)18-16(19)17-6-2/h7-11,13H,5-6H2,1-4H3,(H,17,18). The highest BCUT2D eigenvalue weighted by Crippen LogP contribution is 2.22. The smallest absolute Gasteiger partial charge is 0.207 e. The summed E-state index contributed by atoms with van der Waals surface area (Å²) in [5.74, 6) is 1.76. The van der Waals surface area contributed by atoms with Crippen molar-refractivity contribution in [3.63, 3.8) is 0 Å². The van der Waals surface area contributed by atoms with E-state index in [4.69, 9.17) is 4.74 Å². The van der Waals surface area contributed by atoms with Crippen LogP contribution in [-0.2, 0) is 0 Å². The van der Waals surface area contributed by atoms with Gasteiger partial charge < -0.3 is 10.1 Å². The van der Waals surface area contributed by atoms with Gasteiger partial charge in [0, 0.05) is 18.8 Å². The lowest BCUT2D eigenvalue weighted by Gasteiger charge is -2.14. The molecule has 2 aromatic rings. The van der Waals surface area contributed by atoms with Crippen LogP contribution >= 0.6 is 0 Å². The van der Waals surface area contributed by atoms with Crippen molar-refractivity contribution in [2.24, 2.45) is 0 Å². The molecule has 1 atom stereocenters. The molecule has 1 heterocycles. The van der Waals surface area contributed by atoms with Crippen molar-refractivity contribution in [2.75, 3.05) is 11.9 Å². The number of aryl methyl sites for hydroxylation is 1. The highest BCUT2D eigenvalue weighted by atomic mass is 16.5. The van der Waals surface area contributed by atoms with E-state index in [1.54, 1.807) is 0 Å². The molecule has 4 nitrogen and oxygen atoms in total. The van der Waals surface area contributed by atoms with Crippen LogP contribution in [0.25, 0.3) is 5.69 Å². The molecule has 4 heteroatoms. The molecule has 0 radical (unpaired) electrons. The molecule has 0 saturated heterocycles. The Bertz CT molecular complexity index is 563. The molecule has 0 aliphatic rings. The van der Waals surface area contributed by atoms with Crippen molar-refractivity contribution in [1.29, 1.82) is 0 Å². The van der Waals surface area contributed by atoms with Gasteiger partial charge in [0.05, 0.1) is 17.5 Å². The van der Waals surface area contributed by atoms with E-state index in [2.05, 4.69) is 41.7 Å². The number of aromatic nitrogens is 2. The van der Waals surface area contributed by atoms with Crippen LogP contribution in [0.2, 0.25) is 0 Å². The Balaban J connectivity index is 2.30. The SMILES string of the molecule is CCNc1nc(C)cn1-c1cccc(OC(C)CC)c1. The molecule has 1 aromatic heterocycles. The fourth-order valence-electron chi connectivity index (χ4n) is 2.00. The summed E-state index contributed by atoms with van der Waals surface area (Å²) in [6, 6.07) is 8.12. The third kappa shape index (κ3) is 3.32. The summed E-state index contributed by atoms with van der Waals surface area (Å²) in [7, 11) is 0. The molecule has 2 rings (SSSR count). The van der Waals surface area contributed by atoms with Crippen molar-refractivity contribution in [3.8, 4) is 11.4 Å². The van der Waals surface area contributed by atoms with Gasteiger partial charge in [0.1, 0.15) is 5.75 Å². The predicted octanol–water partition coefficient (Wildman–Crippen LogP) is 3.79. The molecule has 20 heavy (non-hydrogen) atoms. The van der Waals surface area contributed by atoms with E-state index < -0.39 is 0 Å². The normalized spacial score (nSPS) is 12.2. The number of nitrogens with zero attached hydrogens (tertiary/aromatic N) is 2. The number of nitrogens with one attached hydrogen (secondary N) is 1. The van der Waals surface area contributed by atoms with Crippen LogP contribution in [0.3, 0.4) is 0 Å². The van der Waals surface area contributed by atoms with Gasteiger partial charge in [0.15, 0.2) is 0 Å². The first-order valence-electron chi connectivity index (χ1n) is 7.21. The first-order valence-corrected chi connectivity index (χ1v) is 7.21. The van der Waals surface area contributed by atoms with E-state index in [1.165, 1.54) is 0 Å². The molecule has 1 aromatic carbocycles. The number of imidazole rings is 1. The summed E-state index contributed by atoms with van der Waals surface area (Å²) in [4.78, 5) is 4.49. The van der Waals surface area contributed by atoms with Crippen molar-refractivity contribution in [2.45, 2.75) is 40.2 Å². The second kappa shape index (κ2) is 6.46. The highest BCUT2D eigenvalue weighted by molar-refractivity contribution is 5.46. The maximum atomic E-state index is 5.88. The largest absolute Gasteiger partial charge is 0.491 e. The third-order valence-corrected chi connectivity index (χ3v) is 3.17. The number of anilines is 1. The van der Waals surface area contributed by atoms with Gasteiger partial charge in [-0.3, -0.25) is 4.57 Å². The topological polar surface area (TPSA) is 39.1 Å². The molecule has 0 aliphatic carbocycles. The summed E-state index contributed by atoms with van der Waals surface area (Å²) in [6.45, 7) is 9.11. The maximum Gasteiger partial charge on any atom is 0.207 e. The Labute approximate surface area is 120 Å². The summed E-state index contributed by atoms with van der Waals surface area (Å²) in [5, 5.41) is 3.28. The molecule has 0 amide bonds. The molecule has 1 N–H and O–H groups in total. The van der Waals surface area contributed by atoms with E-state index in [0.29, 0.717) is 0 Å². The van der Waals surface area contributed by atoms with Crippen LogP contribution in [0.15, 0.2) is 30.5 Å². The number of hydrogen-bond donors (Lipinski definition) is 1. The molecule has 108 valence electrons. The van der Waals surface area contributed by atoms with Gasteiger partial charge in [-0.25, -0.2) is 4.98 Å². The Morgan fingerprint density at radius 2 is 2.15 bits per heavy atom. The minimum Gasteiger partial charge on any atom is -0.491 e. The van der Waals surface area contributed by atoms with Gasteiger partial charge in [-0.2, -0.15) is 0 Å². The van der Waals surface area contributed by atoms with Gasteiger partial charge in [0.2, 0.25) is 5.95 Å². The van der Waals surface area contributed by atoms with E-state index in [-0.39, 0.29) is 6.10 Å². The third-order valence-electron chi connectivity index (χ3n) is 3.17. The van der Waals surface area contributed by atoms with Crippen molar-refractivity contribution < 1.29 is 4.74 Å². The minimum absolute atomic E-state index is 0.225. The van der Waals surface area contributed by atoms with E-state index in [9.17, 15) is 0 Å². The average Bonchev–Trinajstić information content (AvgIpc) is 2.80. The van der Waals surface area contributed by atoms with E-state index >= 15 is 0 Å². The lowest BCUT2D eigenvalue weighted by molar-refractivity contribution is 0.217. The van der Waals surface area contributed by atoms with Crippen molar-refractivity contribution in [1.82, 2.24) is 9.55 Å². The van der Waals surface area contributed by atoms with Gasteiger partial charge in [-0.05, 0) is 39.3 Å². The quantitative estimate of drug-likeness (QED) is 0.870. The molecule has 0 fully saturated rings. The molecular formula is C16H23N3O.